The molecule has 5 atom stereocenters. The number of anilines is 2. The van der Waals surface area contributed by atoms with Crippen LogP contribution in [0, 0.1) is 24.3 Å². The highest BCUT2D eigenvalue weighted by molar-refractivity contribution is 7.81. The van der Waals surface area contributed by atoms with E-state index >= 15 is 0 Å². The molecule has 7 N–H and O–H groups in total. The van der Waals surface area contributed by atoms with Gasteiger partial charge in [-0.1, -0.05) is 45.0 Å². The number of nitrogens with one attached hydrogen (secondary N) is 2. The Morgan fingerprint density at radius 1 is 1.00 bits per heavy atom. The first-order chi connectivity index (χ1) is 34.1. The molecular formula is C52H66F3N7O8S2. The van der Waals surface area contributed by atoms with Gasteiger partial charge in [0, 0.05) is 69.2 Å². The Morgan fingerprint density at radius 2 is 1.68 bits per heavy atom. The van der Waals surface area contributed by atoms with E-state index in [4.69, 9.17) is 32.2 Å². The number of aliphatic hydroxyl groups excluding tert-OH is 3. The van der Waals surface area contributed by atoms with Crippen LogP contribution < -0.4 is 30.9 Å². The van der Waals surface area contributed by atoms with E-state index in [-0.39, 0.29) is 53.0 Å². The summed E-state index contributed by atoms with van der Waals surface area (Å²) in [5.74, 6) is 1.98. The maximum Gasteiger partial charge on any atom is 0.417 e. The molecule has 0 aliphatic carbocycles. The Morgan fingerprint density at radius 3 is 2.33 bits per heavy atom. The summed E-state index contributed by atoms with van der Waals surface area (Å²) < 4.78 is 58.9. The third kappa shape index (κ3) is 14.5. The monoisotopic (exact) mass is 1040 g/mol. The molecule has 2 aliphatic rings. The molecule has 2 amide bonds. The van der Waals surface area contributed by atoms with E-state index < -0.39 is 41.6 Å². The molecule has 15 nitrogen and oxygen atoms in total. The summed E-state index contributed by atoms with van der Waals surface area (Å²) in [7, 11) is 0. The number of hydrogen-bond donors (Lipinski definition) is 6. The summed E-state index contributed by atoms with van der Waals surface area (Å²) >= 11 is 7.26. The predicted molar refractivity (Wildman–Crippen MR) is 275 cm³/mol. The Labute approximate surface area is 428 Å². The molecule has 4 aromatic rings. The summed E-state index contributed by atoms with van der Waals surface area (Å²) in [5.41, 5.74) is 7.70. The van der Waals surface area contributed by atoms with E-state index in [1.54, 1.807) is 54.3 Å². The first-order valence-corrected chi connectivity index (χ1v) is 25.2. The van der Waals surface area contributed by atoms with Crippen LogP contribution in [-0.4, -0.2) is 124 Å². The number of likely N-dealkylation sites (tertiary alicyclic amines) is 1. The highest BCUT2D eigenvalue weighted by Crippen LogP contribution is 2.40. The van der Waals surface area contributed by atoms with Crippen LogP contribution in [0.15, 0.2) is 72.2 Å². The zero-order valence-electron chi connectivity index (χ0n) is 41.5. The second kappa shape index (κ2) is 24.7. The van der Waals surface area contributed by atoms with E-state index in [0.717, 1.165) is 38.7 Å². The van der Waals surface area contributed by atoms with Crippen molar-refractivity contribution in [1.29, 1.82) is 0 Å². The van der Waals surface area contributed by atoms with Crippen LogP contribution in [0.25, 0.3) is 10.4 Å². The maximum atomic E-state index is 13.9. The van der Waals surface area contributed by atoms with Gasteiger partial charge in [0.2, 0.25) is 5.91 Å². The fourth-order valence-corrected chi connectivity index (χ4v) is 9.95. The first-order valence-electron chi connectivity index (χ1n) is 23.9. The van der Waals surface area contributed by atoms with Gasteiger partial charge in [0.05, 0.1) is 52.2 Å². The number of aryl methyl sites for hydroxylation is 1. The van der Waals surface area contributed by atoms with E-state index in [9.17, 15) is 38.1 Å². The van der Waals surface area contributed by atoms with Crippen LogP contribution in [0.1, 0.15) is 82.7 Å². The molecule has 2 saturated heterocycles. The number of aliphatic hydroxyl groups is 3. The third-order valence-electron chi connectivity index (χ3n) is 12.7. The van der Waals surface area contributed by atoms with Crippen molar-refractivity contribution < 1.29 is 52.3 Å². The number of thiazole rings is 1. The number of nitrogens with two attached hydrogens (primary N) is 1. The zero-order chi connectivity index (χ0) is 52.4. The molecule has 0 radical (unpaired) electrons. The largest absolute Gasteiger partial charge is 0.493 e. The lowest BCUT2D eigenvalue weighted by Crippen LogP contribution is -2.55. The molecule has 20 heteroatoms. The smallest absolute Gasteiger partial charge is 0.417 e. The second-order valence-electron chi connectivity index (χ2n) is 19.6. The molecule has 6 rings (SSSR count). The Hall–Kier alpha value is -5.21. The van der Waals surface area contributed by atoms with Crippen LogP contribution in [0.2, 0.25) is 0 Å². The lowest BCUT2D eigenvalue weighted by Gasteiger charge is -2.37. The maximum absolute atomic E-state index is 13.9. The summed E-state index contributed by atoms with van der Waals surface area (Å²) in [6, 6.07) is 19.6. The van der Waals surface area contributed by atoms with Gasteiger partial charge in [0.25, 0.3) is 5.91 Å². The second-order valence-corrected chi connectivity index (χ2v) is 20.8. The molecule has 2 fully saturated rings. The van der Waals surface area contributed by atoms with Gasteiger partial charge < -0.3 is 45.5 Å². The molecule has 3 aromatic carbocycles. The number of aromatic nitrogens is 1. The Balaban J connectivity index is 0.855. The number of rotatable bonds is 23. The van der Waals surface area contributed by atoms with Gasteiger partial charge in [-0.3, -0.25) is 24.7 Å². The number of β-amino-alcohol motifs (C(OH)–C–C–N with tert-alkyl or cyclic N) is 1. The van der Waals surface area contributed by atoms with Crippen LogP contribution in [-0.2, 0) is 31.8 Å². The molecule has 3 heterocycles. The lowest BCUT2D eigenvalue weighted by atomic mass is 9.86. The standard InChI is InChI=1S/C52H66F3N7O8S2/c1-33-46(72-32-58-33)36-10-8-34(9-11-36)28-57-47(66)43-27-40(64)29-60(43)30-44(50(2,3)4)59-45(65)31-69-23-7-22-68-24-19-39(63)20-25-70-41-16-14-37(15-17-41)62-49(71)61(48(67)51(62,5)6)38-13-12-35(18-21-56)42(26-38)52(53,54)55/h8-17,26,32,39-40,43-44,47,57,63-64,66H,7,19-20,22-25,27-31,56H2,1-6H3,(H,59,65)/t39?,40-,43+,44-,47?/m1/s1. The summed E-state index contributed by atoms with van der Waals surface area (Å²) in [4.78, 5) is 36.8. The molecule has 0 bridgehead atoms. The number of carbonyl (C=O) groups is 2. The minimum absolute atomic E-state index is 0.00480. The van der Waals surface area contributed by atoms with Crippen LogP contribution in [0.3, 0.4) is 0 Å². The normalized spacial score (nSPS) is 18.5. The predicted octanol–water partition coefficient (Wildman–Crippen LogP) is 6.34. The first kappa shape index (κ1) is 56.1. The van der Waals surface area contributed by atoms with Crippen molar-refractivity contribution in [3.05, 3.63) is 94.6 Å². The molecule has 0 spiro atoms. The average Bonchev–Trinajstić information content (AvgIpc) is 3.97. The van der Waals surface area contributed by atoms with Gasteiger partial charge in [-0.15, -0.1) is 11.3 Å². The fourth-order valence-electron chi connectivity index (χ4n) is 8.61. The van der Waals surface area contributed by atoms with E-state index in [1.807, 2.05) is 56.3 Å². The fraction of sp³-hybridized carbons (Fsp3) is 0.500. The van der Waals surface area contributed by atoms with Crippen LogP contribution in [0.4, 0.5) is 24.5 Å². The molecule has 0 saturated carbocycles. The minimum Gasteiger partial charge on any atom is -0.493 e. The molecule has 390 valence electrons. The van der Waals surface area contributed by atoms with Crippen molar-refractivity contribution in [2.75, 3.05) is 55.9 Å². The van der Waals surface area contributed by atoms with Gasteiger partial charge >= 0.3 is 6.18 Å². The molecule has 2 unspecified atom stereocenters. The molecule has 72 heavy (non-hydrogen) atoms. The quantitative estimate of drug-likeness (QED) is 0.0158. The van der Waals surface area contributed by atoms with E-state index in [2.05, 4.69) is 33.7 Å². The SMILES string of the molecule is Cc1ncsc1-c1ccc(CNC(O)[C@@H]2C[C@@H](O)CN2C[C@@H](NC(=O)COCCCOCCC(O)CCOc2ccc(N3C(=S)N(c4ccc(C#CN)c(C(F)(F)F)c4)C(=O)C3(C)C)cc2)C(C)(C)C)cc1. The highest BCUT2D eigenvalue weighted by atomic mass is 32.1. The summed E-state index contributed by atoms with van der Waals surface area (Å²) in [6.07, 6.45) is -5.27. The van der Waals surface area contributed by atoms with Crippen molar-refractivity contribution in [2.45, 2.75) is 116 Å². The number of hydrogen-bond acceptors (Lipinski definition) is 14. The topological polar surface area (TPSA) is 195 Å². The Kier molecular flexibility index (Phi) is 19.2. The van der Waals surface area contributed by atoms with Crippen molar-refractivity contribution in [3.8, 4) is 28.2 Å². The number of carbonyl (C=O) groups excluding carboxylic acids is 2. The van der Waals surface area contributed by atoms with Crippen molar-refractivity contribution >= 4 is 51.9 Å². The minimum atomic E-state index is -4.74. The summed E-state index contributed by atoms with van der Waals surface area (Å²) in [6.45, 7) is 13.7. The Bertz CT molecular complexity index is 2530. The third-order valence-corrected chi connectivity index (χ3v) is 14.1. The van der Waals surface area contributed by atoms with Crippen molar-refractivity contribution in [1.82, 2.24) is 20.5 Å². The average molecular weight is 1040 g/mol. The number of ether oxygens (including phenoxy) is 3. The van der Waals surface area contributed by atoms with Gasteiger partial charge in [-0.25, -0.2) is 4.98 Å². The lowest BCUT2D eigenvalue weighted by molar-refractivity contribution is -0.137. The van der Waals surface area contributed by atoms with Gasteiger partial charge in [0.1, 0.15) is 24.1 Å². The zero-order valence-corrected chi connectivity index (χ0v) is 43.1. The number of alkyl halides is 3. The van der Waals surface area contributed by atoms with Crippen LogP contribution in [0.5, 0.6) is 5.75 Å². The van der Waals surface area contributed by atoms with Crippen molar-refractivity contribution in [2.24, 2.45) is 11.1 Å². The van der Waals surface area contributed by atoms with Crippen LogP contribution >= 0.6 is 23.6 Å². The molecule has 1 aromatic heterocycles. The molecule has 2 aliphatic heterocycles. The number of amides is 2. The van der Waals surface area contributed by atoms with Crippen molar-refractivity contribution in [3.63, 3.8) is 0 Å². The molecular weight excluding hydrogens is 972 g/mol. The number of halogens is 3. The highest BCUT2D eigenvalue weighted by Gasteiger charge is 2.51. The summed E-state index contributed by atoms with van der Waals surface area (Å²) in [5, 5.41) is 38.7. The number of nitrogens with zero attached hydrogens (tertiary/aromatic N) is 4. The van der Waals surface area contributed by atoms with Gasteiger partial charge in [-0.05, 0) is 117 Å². The van der Waals surface area contributed by atoms with Gasteiger partial charge in [0.15, 0.2) is 5.11 Å². The number of thiocarbonyl (C=S) groups is 1. The number of benzene rings is 3. The van der Waals surface area contributed by atoms with Gasteiger partial charge in [-0.2, -0.15) is 13.2 Å². The van der Waals surface area contributed by atoms with E-state index in [1.165, 1.54) is 6.07 Å². The van der Waals surface area contributed by atoms with E-state index in [0.29, 0.717) is 76.6 Å².